The Bertz CT molecular complexity index is 1210. The molecule has 2 N–H and O–H groups in total. The maximum absolute atomic E-state index is 14.3. The average Bonchev–Trinajstić information content (AvgIpc) is 2.86. The van der Waals surface area contributed by atoms with Gasteiger partial charge >= 0.3 is 6.18 Å². The Balaban J connectivity index is 1.62. The van der Waals surface area contributed by atoms with Crippen LogP contribution in [0.15, 0.2) is 42.5 Å². The Morgan fingerprint density at radius 1 is 1.08 bits per heavy atom. The van der Waals surface area contributed by atoms with Crippen molar-refractivity contribution in [2.24, 2.45) is 5.92 Å². The third-order valence-corrected chi connectivity index (χ3v) is 7.07. The van der Waals surface area contributed by atoms with Gasteiger partial charge in [-0.05, 0) is 48.2 Å². The van der Waals surface area contributed by atoms with Crippen molar-refractivity contribution < 1.29 is 31.2 Å². The quantitative estimate of drug-likeness (QED) is 0.317. The van der Waals surface area contributed by atoms with E-state index in [-0.39, 0.29) is 44.2 Å². The number of carbonyl (C=O) groups is 2. The van der Waals surface area contributed by atoms with Crippen molar-refractivity contribution in [2.75, 3.05) is 39.3 Å². The highest BCUT2D eigenvalue weighted by Crippen LogP contribution is 2.42. The monoisotopic (exact) mass is 538 g/mol. The number of halogens is 3. The zero-order chi connectivity index (χ0) is 27.0. The third-order valence-electron chi connectivity index (χ3n) is 6.30. The molecule has 2 aromatic rings. The molecule has 1 unspecified atom stereocenters. The van der Waals surface area contributed by atoms with Crippen LogP contribution in [0.5, 0.6) is 0 Å². The topological polar surface area (TPSA) is 98.8 Å². The van der Waals surface area contributed by atoms with Gasteiger partial charge in [-0.25, -0.2) is 8.42 Å². The van der Waals surface area contributed by atoms with E-state index in [1.54, 1.807) is 36.4 Å². The molecule has 200 valence electrons. The number of likely N-dealkylation sites (tertiary alicyclic amines) is 1. The zero-order valence-electron chi connectivity index (χ0n) is 20.0. The molecule has 2 aromatic carbocycles. The molecule has 2 amide bonds. The molecule has 0 saturated carbocycles. The van der Waals surface area contributed by atoms with Crippen LogP contribution in [0.1, 0.15) is 24.4 Å². The van der Waals surface area contributed by atoms with Gasteiger partial charge in [0.25, 0.3) is 0 Å². The minimum absolute atomic E-state index is 0.00163. The van der Waals surface area contributed by atoms with Gasteiger partial charge in [0.05, 0.1) is 19.6 Å². The number of nitrogens with one attached hydrogen (secondary N) is 2. The lowest BCUT2D eigenvalue weighted by molar-refractivity contribution is -0.189. The number of rotatable bonds is 10. The number of carbonyl (C=O) groups excluding carboxylic acids is 2. The van der Waals surface area contributed by atoms with Gasteiger partial charge in [-0.2, -0.15) is 17.5 Å². The van der Waals surface area contributed by atoms with Gasteiger partial charge in [0.2, 0.25) is 22.7 Å². The number of hydrogen-bond acceptors (Lipinski definition) is 5. The van der Waals surface area contributed by atoms with Gasteiger partial charge < -0.3 is 10.6 Å². The lowest BCUT2D eigenvalue weighted by atomic mass is 9.92. The van der Waals surface area contributed by atoms with Crippen LogP contribution >= 0.6 is 0 Å². The maximum Gasteiger partial charge on any atom is 0.408 e. The average molecular weight is 539 g/mol. The van der Waals surface area contributed by atoms with Crippen LogP contribution in [0, 0.1) is 18.3 Å². The summed E-state index contributed by atoms with van der Waals surface area (Å²) < 4.78 is 67.2. The van der Waals surface area contributed by atoms with Crippen molar-refractivity contribution in [3.05, 3.63) is 48.0 Å². The lowest BCUT2D eigenvalue weighted by Gasteiger charge is -2.39. The number of benzene rings is 2. The molecule has 1 fully saturated rings. The number of alkyl halides is 3. The number of terminal acetylenes is 1. The number of thiol groups is 1. The summed E-state index contributed by atoms with van der Waals surface area (Å²) in [7, 11) is -3.10. The van der Waals surface area contributed by atoms with Crippen LogP contribution in [-0.4, -0.2) is 74.9 Å². The van der Waals surface area contributed by atoms with E-state index in [0.29, 0.717) is 18.2 Å². The van der Waals surface area contributed by atoms with Crippen molar-refractivity contribution in [3.63, 3.8) is 0 Å². The number of nitrogens with zero attached hydrogens (tertiary/aromatic N) is 2. The number of amides is 2. The second-order valence-corrected chi connectivity index (χ2v) is 9.88. The lowest BCUT2D eigenvalue weighted by Crippen LogP contribution is -2.46. The minimum Gasteiger partial charge on any atom is -0.346 e. The van der Waals surface area contributed by atoms with Crippen molar-refractivity contribution in [3.8, 4) is 12.3 Å². The van der Waals surface area contributed by atoms with E-state index in [9.17, 15) is 31.2 Å². The molecule has 12 heteroatoms. The van der Waals surface area contributed by atoms with Gasteiger partial charge in [0.15, 0.2) is 0 Å². The first-order valence-corrected chi connectivity index (χ1v) is 12.9. The molecule has 1 heterocycles. The molecule has 0 bridgehead atoms. The standard InChI is InChI=1S/C25H29F3N4O4S/c1-2-12-29-22(33)15-30-23(34)17-32(37(35)36)16-18-10-13-31(14-11-18)24(25(26,27)28)21-9-5-7-19-6-3-4-8-20(19)21/h1,3-9,18,24,37H,10-17H2,(H,29,33)(H,30,34). The molecule has 1 atom stereocenters. The third kappa shape index (κ3) is 7.92. The Hall–Kier alpha value is -3.14. The Labute approximate surface area is 215 Å². The predicted octanol–water partition coefficient (Wildman–Crippen LogP) is 1.85. The van der Waals surface area contributed by atoms with E-state index >= 15 is 0 Å². The molecular formula is C25H29F3N4O4S. The van der Waals surface area contributed by atoms with Crippen molar-refractivity contribution >= 4 is 33.5 Å². The van der Waals surface area contributed by atoms with E-state index in [0.717, 1.165) is 9.69 Å². The van der Waals surface area contributed by atoms with Crippen LogP contribution in [0.2, 0.25) is 0 Å². The Morgan fingerprint density at radius 3 is 2.41 bits per heavy atom. The van der Waals surface area contributed by atoms with E-state index in [4.69, 9.17) is 6.42 Å². The molecule has 0 spiro atoms. The highest BCUT2D eigenvalue weighted by molar-refractivity contribution is 7.69. The second kappa shape index (κ2) is 12.9. The van der Waals surface area contributed by atoms with Crippen LogP contribution in [0.3, 0.4) is 0 Å². The van der Waals surface area contributed by atoms with E-state index in [1.807, 2.05) is 0 Å². The normalized spacial score (nSPS) is 16.0. The maximum atomic E-state index is 14.3. The zero-order valence-corrected chi connectivity index (χ0v) is 20.9. The smallest absolute Gasteiger partial charge is 0.346 e. The molecule has 1 aliphatic rings. The van der Waals surface area contributed by atoms with Gasteiger partial charge in [-0.15, -0.1) is 6.42 Å². The van der Waals surface area contributed by atoms with Gasteiger partial charge in [0.1, 0.15) is 6.04 Å². The Morgan fingerprint density at radius 2 is 1.76 bits per heavy atom. The van der Waals surface area contributed by atoms with Crippen LogP contribution in [0.4, 0.5) is 13.2 Å². The van der Waals surface area contributed by atoms with Gasteiger partial charge in [-0.1, -0.05) is 48.4 Å². The summed E-state index contributed by atoms with van der Waals surface area (Å²) in [5.41, 5.74) is 0.191. The van der Waals surface area contributed by atoms with Gasteiger partial charge in [-0.3, -0.25) is 14.5 Å². The molecule has 37 heavy (non-hydrogen) atoms. The summed E-state index contributed by atoms with van der Waals surface area (Å²) >= 11 is 0. The molecule has 8 nitrogen and oxygen atoms in total. The number of piperidine rings is 1. The van der Waals surface area contributed by atoms with Crippen molar-refractivity contribution in [1.29, 1.82) is 0 Å². The van der Waals surface area contributed by atoms with Crippen molar-refractivity contribution in [1.82, 2.24) is 19.8 Å². The van der Waals surface area contributed by atoms with Crippen LogP contribution < -0.4 is 10.6 Å². The molecule has 0 radical (unpaired) electrons. The SMILES string of the molecule is C#CCNC(=O)CNC(=O)CN(CC1CCN(C(c2cccc3ccccc23)C(F)(F)F)CC1)[SH](=O)=O. The fraction of sp³-hybridized carbons (Fsp3) is 0.440. The highest BCUT2D eigenvalue weighted by Gasteiger charge is 2.46. The number of hydrogen-bond donors (Lipinski definition) is 3. The minimum atomic E-state index is -4.49. The molecule has 1 aliphatic heterocycles. The summed E-state index contributed by atoms with van der Waals surface area (Å²) in [5.74, 6) is 0.826. The van der Waals surface area contributed by atoms with Crippen LogP contribution in [0.25, 0.3) is 10.8 Å². The second-order valence-electron chi connectivity index (χ2n) is 8.83. The molecule has 3 rings (SSSR count). The first kappa shape index (κ1) is 28.4. The summed E-state index contributed by atoms with van der Waals surface area (Å²) in [5, 5.41) is 5.96. The first-order valence-electron chi connectivity index (χ1n) is 11.7. The predicted molar refractivity (Wildman–Crippen MR) is 134 cm³/mol. The molecule has 0 aromatic heterocycles. The summed E-state index contributed by atoms with van der Waals surface area (Å²) in [6.07, 6.45) is 1.22. The number of fused-ring (bicyclic) bond motifs is 1. The molecule has 1 saturated heterocycles. The molecule has 0 aliphatic carbocycles. The van der Waals surface area contributed by atoms with Crippen molar-refractivity contribution in [2.45, 2.75) is 25.1 Å². The largest absolute Gasteiger partial charge is 0.408 e. The Kier molecular flexibility index (Phi) is 9.91. The summed E-state index contributed by atoms with van der Waals surface area (Å²) in [4.78, 5) is 25.0. The summed E-state index contributed by atoms with van der Waals surface area (Å²) in [6.45, 7) is -0.570. The van der Waals surface area contributed by atoms with Gasteiger partial charge in [0, 0.05) is 6.54 Å². The van der Waals surface area contributed by atoms with E-state index < -0.39 is 41.5 Å². The molecular weight excluding hydrogens is 509 g/mol. The fourth-order valence-corrected chi connectivity index (χ4v) is 5.17. The first-order chi connectivity index (χ1) is 17.6. The fourth-order valence-electron chi connectivity index (χ4n) is 4.56. The van der Waals surface area contributed by atoms with Crippen LogP contribution in [-0.2, 0) is 20.5 Å². The van der Waals surface area contributed by atoms with E-state index in [1.165, 1.54) is 11.0 Å². The highest BCUT2D eigenvalue weighted by atomic mass is 32.2. The van der Waals surface area contributed by atoms with E-state index in [2.05, 4.69) is 16.6 Å². The summed E-state index contributed by atoms with van der Waals surface area (Å²) in [6, 6.07) is 10.1.